The van der Waals surface area contributed by atoms with Gasteiger partial charge >= 0.3 is 0 Å². The molecule has 0 amide bonds. The van der Waals surface area contributed by atoms with Gasteiger partial charge in [-0.15, -0.1) is 22.7 Å². The molecule has 2 heterocycles. The van der Waals surface area contributed by atoms with E-state index in [1.807, 2.05) is 22.7 Å². The van der Waals surface area contributed by atoms with Crippen LogP contribution in [0.15, 0.2) is 146 Å². The van der Waals surface area contributed by atoms with Crippen LogP contribution in [0, 0.1) is 0 Å². The molecule has 0 saturated heterocycles. The van der Waals surface area contributed by atoms with Crippen molar-refractivity contribution in [3.63, 3.8) is 0 Å². The predicted molar refractivity (Wildman–Crippen MR) is 196 cm³/mol. The molecule has 0 bridgehead atoms. The Hall–Kier alpha value is -5.02. The fraction of sp³-hybridized carbons (Fsp3) is 0. The van der Waals surface area contributed by atoms with Gasteiger partial charge in [-0.05, 0) is 89.6 Å². The molecule has 0 unspecified atom stereocenters. The molecule has 0 nitrogen and oxygen atoms in total. The second-order valence-electron chi connectivity index (χ2n) is 11.7. The highest BCUT2D eigenvalue weighted by atomic mass is 32.1. The Bertz CT molecular complexity index is 2580. The van der Waals surface area contributed by atoms with Crippen LogP contribution in [0.5, 0.6) is 0 Å². The molecule has 0 saturated carbocycles. The van der Waals surface area contributed by atoms with Gasteiger partial charge in [0, 0.05) is 20.2 Å². The standard InChI is InChI=1S/C42H24S2/c1-3-11-29-25(9-1)21-37(33-15-7-5-13-31(29)33)27-17-19-35-39(23-27)43-42-36-20-18-28(24-40(36)44-41(35)42)38-22-26-10-2-4-12-30(26)32-14-6-8-16-34(32)38/h1-24H. The van der Waals surface area contributed by atoms with Crippen LogP contribution in [-0.4, -0.2) is 0 Å². The van der Waals surface area contributed by atoms with Gasteiger partial charge in [-0.25, -0.2) is 0 Å². The summed E-state index contributed by atoms with van der Waals surface area (Å²) in [4.78, 5) is 0. The molecule has 0 atom stereocenters. The lowest BCUT2D eigenvalue weighted by Crippen LogP contribution is -1.84. The number of benzene rings is 8. The molecule has 0 fully saturated rings. The molecule has 10 rings (SSSR count). The van der Waals surface area contributed by atoms with Gasteiger partial charge in [0.25, 0.3) is 0 Å². The molecule has 10 aromatic rings. The van der Waals surface area contributed by atoms with Crippen LogP contribution in [0.4, 0.5) is 0 Å². The van der Waals surface area contributed by atoms with Gasteiger partial charge in [-0.2, -0.15) is 0 Å². The number of hydrogen-bond donors (Lipinski definition) is 0. The maximum atomic E-state index is 2.41. The van der Waals surface area contributed by atoms with Gasteiger partial charge < -0.3 is 0 Å². The van der Waals surface area contributed by atoms with Crippen molar-refractivity contribution in [3.05, 3.63) is 146 Å². The van der Waals surface area contributed by atoms with E-state index in [0.29, 0.717) is 0 Å². The minimum Gasteiger partial charge on any atom is -0.134 e. The summed E-state index contributed by atoms with van der Waals surface area (Å²) in [5, 5.41) is 13.2. The summed E-state index contributed by atoms with van der Waals surface area (Å²) in [5.41, 5.74) is 5.16. The van der Waals surface area contributed by atoms with Crippen LogP contribution in [-0.2, 0) is 0 Å². The highest BCUT2D eigenvalue weighted by Gasteiger charge is 2.16. The van der Waals surface area contributed by atoms with Crippen LogP contribution in [0.25, 0.3) is 94.9 Å². The first kappa shape index (κ1) is 24.4. The van der Waals surface area contributed by atoms with Crippen molar-refractivity contribution in [2.75, 3.05) is 0 Å². The van der Waals surface area contributed by atoms with E-state index in [1.165, 1.54) is 94.9 Å². The molecular weight excluding hydrogens is 569 g/mol. The minimum atomic E-state index is 1.28. The molecule has 0 aliphatic rings. The van der Waals surface area contributed by atoms with Crippen LogP contribution in [0.1, 0.15) is 0 Å². The average Bonchev–Trinajstić information content (AvgIpc) is 3.62. The molecule has 2 heteroatoms. The summed E-state index contributed by atoms with van der Waals surface area (Å²) in [5.74, 6) is 0. The Morgan fingerprint density at radius 1 is 0.295 bits per heavy atom. The van der Waals surface area contributed by atoms with E-state index in [-0.39, 0.29) is 0 Å². The number of fused-ring (bicyclic) bond motifs is 11. The van der Waals surface area contributed by atoms with E-state index >= 15 is 0 Å². The number of hydrogen-bond acceptors (Lipinski definition) is 2. The molecule has 0 spiro atoms. The first-order valence-electron chi connectivity index (χ1n) is 15.0. The topological polar surface area (TPSA) is 0 Å². The summed E-state index contributed by atoms with van der Waals surface area (Å²) in [6.45, 7) is 0. The highest BCUT2D eigenvalue weighted by molar-refractivity contribution is 7.36. The molecule has 0 aliphatic carbocycles. The molecule has 44 heavy (non-hydrogen) atoms. The Balaban J connectivity index is 1.14. The summed E-state index contributed by atoms with van der Waals surface area (Å²) >= 11 is 3.86. The van der Waals surface area contributed by atoms with Crippen molar-refractivity contribution in [2.45, 2.75) is 0 Å². The smallest absolute Gasteiger partial charge is 0.0542 e. The van der Waals surface area contributed by atoms with Crippen molar-refractivity contribution >= 4 is 95.3 Å². The van der Waals surface area contributed by atoms with Crippen molar-refractivity contribution in [1.29, 1.82) is 0 Å². The summed E-state index contributed by atoms with van der Waals surface area (Å²) in [6.07, 6.45) is 0. The number of thiophene rings is 2. The lowest BCUT2D eigenvalue weighted by atomic mass is 9.93. The third-order valence-corrected chi connectivity index (χ3v) is 11.7. The van der Waals surface area contributed by atoms with Crippen LogP contribution < -0.4 is 0 Å². The van der Waals surface area contributed by atoms with Gasteiger partial charge in [0.1, 0.15) is 0 Å². The Morgan fingerprint density at radius 3 is 1.14 bits per heavy atom. The van der Waals surface area contributed by atoms with E-state index in [9.17, 15) is 0 Å². The minimum absolute atomic E-state index is 1.28. The van der Waals surface area contributed by atoms with Crippen LogP contribution in [0.3, 0.4) is 0 Å². The van der Waals surface area contributed by atoms with E-state index in [4.69, 9.17) is 0 Å². The van der Waals surface area contributed by atoms with Crippen LogP contribution >= 0.6 is 22.7 Å². The lowest BCUT2D eigenvalue weighted by Gasteiger charge is -2.11. The fourth-order valence-electron chi connectivity index (χ4n) is 7.18. The van der Waals surface area contributed by atoms with Crippen molar-refractivity contribution in [2.24, 2.45) is 0 Å². The van der Waals surface area contributed by atoms with Crippen molar-refractivity contribution in [3.8, 4) is 22.3 Å². The first-order chi connectivity index (χ1) is 21.8. The quantitative estimate of drug-likeness (QED) is 0.175. The Kier molecular flexibility index (Phi) is 5.13. The van der Waals surface area contributed by atoms with Crippen molar-refractivity contribution in [1.82, 2.24) is 0 Å². The summed E-state index contributed by atoms with van der Waals surface area (Å²) in [7, 11) is 0. The molecular formula is C42H24S2. The summed E-state index contributed by atoms with van der Waals surface area (Å²) < 4.78 is 5.51. The Morgan fingerprint density at radius 2 is 0.682 bits per heavy atom. The second-order valence-corrected chi connectivity index (χ2v) is 13.8. The molecule has 0 N–H and O–H groups in total. The van der Waals surface area contributed by atoms with E-state index < -0.39 is 0 Å². The molecule has 0 radical (unpaired) electrons. The average molecular weight is 593 g/mol. The Labute approximate surface area is 262 Å². The second kappa shape index (κ2) is 9.24. The third kappa shape index (κ3) is 3.50. The molecule has 0 aliphatic heterocycles. The SMILES string of the molecule is c1ccc2c(c1)cc(-c1ccc3c(c1)sc1c4ccc(-c5cc6ccccc6c6ccccc56)cc4sc31)c1ccccc12. The molecule has 8 aromatic carbocycles. The normalized spacial score (nSPS) is 12.1. The van der Waals surface area contributed by atoms with E-state index in [1.54, 1.807) is 0 Å². The third-order valence-electron chi connectivity index (χ3n) is 9.24. The zero-order chi connectivity index (χ0) is 28.8. The van der Waals surface area contributed by atoms with Crippen LogP contribution in [0.2, 0.25) is 0 Å². The monoisotopic (exact) mass is 592 g/mol. The highest BCUT2D eigenvalue weighted by Crippen LogP contribution is 2.47. The van der Waals surface area contributed by atoms with E-state index in [0.717, 1.165) is 0 Å². The van der Waals surface area contributed by atoms with Gasteiger partial charge in [0.2, 0.25) is 0 Å². The van der Waals surface area contributed by atoms with E-state index in [2.05, 4.69) is 146 Å². The van der Waals surface area contributed by atoms with Gasteiger partial charge in [-0.1, -0.05) is 121 Å². The lowest BCUT2D eigenvalue weighted by molar-refractivity contribution is 1.72. The maximum Gasteiger partial charge on any atom is 0.0542 e. The maximum absolute atomic E-state index is 2.41. The predicted octanol–water partition coefficient (Wildman–Crippen LogP) is 13.2. The fourth-order valence-corrected chi connectivity index (χ4v) is 9.91. The molecule has 204 valence electrons. The zero-order valence-electron chi connectivity index (χ0n) is 23.7. The zero-order valence-corrected chi connectivity index (χ0v) is 25.3. The molecule has 2 aromatic heterocycles. The largest absolute Gasteiger partial charge is 0.134 e. The van der Waals surface area contributed by atoms with Gasteiger partial charge in [0.15, 0.2) is 0 Å². The number of rotatable bonds is 2. The van der Waals surface area contributed by atoms with Gasteiger partial charge in [-0.3, -0.25) is 0 Å². The summed E-state index contributed by atoms with van der Waals surface area (Å²) in [6, 6.07) is 54.0. The first-order valence-corrected chi connectivity index (χ1v) is 16.6. The van der Waals surface area contributed by atoms with Crippen molar-refractivity contribution < 1.29 is 0 Å². The van der Waals surface area contributed by atoms with Gasteiger partial charge in [0.05, 0.1) is 9.40 Å².